The molecule has 19 heavy (non-hydrogen) atoms. The molecule has 1 aromatic rings. The van der Waals surface area contributed by atoms with Crippen LogP contribution in [0, 0.1) is 6.92 Å². The van der Waals surface area contributed by atoms with E-state index < -0.39 is 0 Å². The number of aryl methyl sites for hydroxylation is 1. The molecule has 1 N–H and O–H groups in total. The van der Waals surface area contributed by atoms with Crippen molar-refractivity contribution in [1.82, 2.24) is 4.90 Å². The van der Waals surface area contributed by atoms with Gasteiger partial charge in [-0.2, -0.15) is 0 Å². The van der Waals surface area contributed by atoms with Crippen LogP contribution >= 0.6 is 0 Å². The fourth-order valence-electron chi connectivity index (χ4n) is 1.80. The van der Waals surface area contributed by atoms with E-state index in [-0.39, 0.29) is 12.5 Å². The Morgan fingerprint density at radius 3 is 2.58 bits per heavy atom. The summed E-state index contributed by atoms with van der Waals surface area (Å²) in [6.45, 7) is 9.78. The summed E-state index contributed by atoms with van der Waals surface area (Å²) >= 11 is 0. The summed E-state index contributed by atoms with van der Waals surface area (Å²) in [5, 5.41) is 2.85. The number of carbonyl (C=O) groups excluding carboxylic acids is 1. The van der Waals surface area contributed by atoms with E-state index in [1.165, 1.54) is 0 Å². The van der Waals surface area contributed by atoms with Crippen molar-refractivity contribution in [2.45, 2.75) is 20.8 Å². The van der Waals surface area contributed by atoms with Crippen LogP contribution in [0.5, 0.6) is 0 Å². The van der Waals surface area contributed by atoms with Gasteiger partial charge in [0.2, 0.25) is 5.91 Å². The number of rotatable bonds is 8. The van der Waals surface area contributed by atoms with Crippen LogP contribution in [0.1, 0.15) is 19.4 Å². The summed E-state index contributed by atoms with van der Waals surface area (Å²) in [7, 11) is 0. The van der Waals surface area contributed by atoms with Crippen LogP contribution < -0.4 is 5.32 Å². The maximum atomic E-state index is 11.7. The second kappa shape index (κ2) is 8.67. The number of hydrogen-bond acceptors (Lipinski definition) is 3. The highest BCUT2D eigenvalue weighted by atomic mass is 16.5. The number of hydrogen-bond donors (Lipinski definition) is 1. The SMILES string of the molecule is CCN(CC)CCOCC(=O)Nc1ccccc1C. The molecule has 0 saturated carbocycles. The molecule has 4 nitrogen and oxygen atoms in total. The molecule has 0 aliphatic heterocycles. The Hall–Kier alpha value is -1.39. The lowest BCUT2D eigenvalue weighted by atomic mass is 10.2. The monoisotopic (exact) mass is 264 g/mol. The van der Waals surface area contributed by atoms with Crippen LogP contribution in [0.4, 0.5) is 5.69 Å². The van der Waals surface area contributed by atoms with E-state index in [2.05, 4.69) is 24.1 Å². The van der Waals surface area contributed by atoms with Gasteiger partial charge in [0, 0.05) is 12.2 Å². The third-order valence-corrected chi connectivity index (χ3v) is 3.10. The van der Waals surface area contributed by atoms with Crippen molar-refractivity contribution in [2.75, 3.05) is 38.2 Å². The smallest absolute Gasteiger partial charge is 0.250 e. The van der Waals surface area contributed by atoms with Crippen LogP contribution in [-0.2, 0) is 9.53 Å². The van der Waals surface area contributed by atoms with E-state index in [4.69, 9.17) is 4.74 Å². The van der Waals surface area contributed by atoms with Crippen LogP contribution in [0.15, 0.2) is 24.3 Å². The zero-order valence-corrected chi connectivity index (χ0v) is 12.1. The Kier molecular flexibility index (Phi) is 7.15. The van der Waals surface area contributed by atoms with Gasteiger partial charge in [-0.15, -0.1) is 0 Å². The highest BCUT2D eigenvalue weighted by molar-refractivity contribution is 5.92. The lowest BCUT2D eigenvalue weighted by Crippen LogP contribution is -2.28. The minimum absolute atomic E-state index is 0.103. The molecule has 0 aliphatic rings. The van der Waals surface area contributed by atoms with E-state index in [1.54, 1.807) is 0 Å². The first-order valence-corrected chi connectivity index (χ1v) is 6.83. The quantitative estimate of drug-likeness (QED) is 0.732. The van der Waals surface area contributed by atoms with Crippen molar-refractivity contribution in [2.24, 2.45) is 0 Å². The van der Waals surface area contributed by atoms with Gasteiger partial charge in [-0.05, 0) is 31.6 Å². The van der Waals surface area contributed by atoms with Gasteiger partial charge in [-0.25, -0.2) is 0 Å². The Labute approximate surface area is 115 Å². The molecular weight excluding hydrogens is 240 g/mol. The predicted molar refractivity (Wildman–Crippen MR) is 78.4 cm³/mol. The number of likely N-dealkylation sites (N-methyl/N-ethyl adjacent to an activating group) is 1. The summed E-state index contributed by atoms with van der Waals surface area (Å²) in [4.78, 5) is 14.0. The number of ether oxygens (including phenoxy) is 1. The molecule has 0 heterocycles. The Morgan fingerprint density at radius 1 is 1.26 bits per heavy atom. The van der Waals surface area contributed by atoms with Crippen molar-refractivity contribution in [3.05, 3.63) is 29.8 Å². The van der Waals surface area contributed by atoms with Crippen molar-refractivity contribution >= 4 is 11.6 Å². The summed E-state index contributed by atoms with van der Waals surface area (Å²) < 4.78 is 5.39. The molecule has 1 amide bonds. The van der Waals surface area contributed by atoms with Crippen molar-refractivity contribution in [3.63, 3.8) is 0 Å². The molecule has 0 saturated heterocycles. The molecule has 0 radical (unpaired) electrons. The molecule has 4 heteroatoms. The first kappa shape index (κ1) is 15.7. The van der Waals surface area contributed by atoms with Crippen LogP contribution in [-0.4, -0.2) is 43.7 Å². The van der Waals surface area contributed by atoms with Crippen molar-refractivity contribution in [1.29, 1.82) is 0 Å². The van der Waals surface area contributed by atoms with Gasteiger partial charge >= 0.3 is 0 Å². The van der Waals surface area contributed by atoms with E-state index in [0.29, 0.717) is 6.61 Å². The van der Waals surface area contributed by atoms with E-state index in [1.807, 2.05) is 31.2 Å². The molecule has 0 atom stereocenters. The van der Waals surface area contributed by atoms with Gasteiger partial charge in [0.25, 0.3) is 0 Å². The van der Waals surface area contributed by atoms with Crippen LogP contribution in [0.3, 0.4) is 0 Å². The van der Waals surface area contributed by atoms with Crippen LogP contribution in [0.25, 0.3) is 0 Å². The second-order valence-electron chi connectivity index (χ2n) is 4.44. The van der Waals surface area contributed by atoms with Gasteiger partial charge in [-0.1, -0.05) is 32.0 Å². The molecule has 1 aromatic carbocycles. The molecule has 0 spiro atoms. The molecule has 0 fully saturated rings. The molecule has 106 valence electrons. The lowest BCUT2D eigenvalue weighted by molar-refractivity contribution is -0.120. The Balaban J connectivity index is 2.24. The third-order valence-electron chi connectivity index (χ3n) is 3.10. The van der Waals surface area contributed by atoms with Crippen molar-refractivity contribution in [3.8, 4) is 0 Å². The molecular formula is C15H24N2O2. The number of nitrogens with one attached hydrogen (secondary N) is 1. The van der Waals surface area contributed by atoms with E-state index >= 15 is 0 Å². The first-order chi connectivity index (χ1) is 9.17. The normalized spacial score (nSPS) is 10.7. The predicted octanol–water partition coefficient (Wildman–Crippen LogP) is 2.29. The molecule has 0 bridgehead atoms. The topological polar surface area (TPSA) is 41.6 Å². The number of carbonyl (C=O) groups is 1. The average molecular weight is 264 g/mol. The molecule has 0 unspecified atom stereocenters. The summed E-state index contributed by atoms with van der Waals surface area (Å²) in [5.41, 5.74) is 1.90. The first-order valence-electron chi connectivity index (χ1n) is 6.83. The average Bonchev–Trinajstić information content (AvgIpc) is 2.42. The highest BCUT2D eigenvalue weighted by Gasteiger charge is 2.05. The number of anilines is 1. The zero-order valence-electron chi connectivity index (χ0n) is 12.1. The molecule has 0 aliphatic carbocycles. The summed E-state index contributed by atoms with van der Waals surface area (Å²) in [6, 6.07) is 7.72. The fourth-order valence-corrected chi connectivity index (χ4v) is 1.80. The molecule has 1 rings (SSSR count). The largest absolute Gasteiger partial charge is 0.370 e. The number of benzene rings is 1. The number of nitrogens with zero attached hydrogens (tertiary/aromatic N) is 1. The fraction of sp³-hybridized carbons (Fsp3) is 0.533. The number of para-hydroxylation sites is 1. The second-order valence-corrected chi connectivity index (χ2v) is 4.44. The zero-order chi connectivity index (χ0) is 14.1. The van der Waals surface area contributed by atoms with Gasteiger partial charge < -0.3 is 15.0 Å². The maximum absolute atomic E-state index is 11.7. The lowest BCUT2D eigenvalue weighted by Gasteiger charge is -2.17. The van der Waals surface area contributed by atoms with E-state index in [9.17, 15) is 4.79 Å². The minimum Gasteiger partial charge on any atom is -0.370 e. The van der Waals surface area contributed by atoms with Gasteiger partial charge in [0.15, 0.2) is 0 Å². The van der Waals surface area contributed by atoms with Gasteiger partial charge in [-0.3, -0.25) is 4.79 Å². The summed E-state index contributed by atoms with van der Waals surface area (Å²) in [5.74, 6) is -0.103. The van der Waals surface area contributed by atoms with Crippen LogP contribution in [0.2, 0.25) is 0 Å². The Bertz CT molecular complexity index is 389. The standard InChI is InChI=1S/C15H24N2O2/c1-4-17(5-2)10-11-19-12-15(18)16-14-9-7-6-8-13(14)3/h6-9H,4-5,10-12H2,1-3H3,(H,16,18). The Morgan fingerprint density at radius 2 is 1.95 bits per heavy atom. The number of amides is 1. The third kappa shape index (κ3) is 5.85. The maximum Gasteiger partial charge on any atom is 0.250 e. The van der Waals surface area contributed by atoms with Crippen molar-refractivity contribution < 1.29 is 9.53 Å². The molecule has 0 aromatic heterocycles. The summed E-state index contributed by atoms with van der Waals surface area (Å²) in [6.07, 6.45) is 0. The van der Waals surface area contributed by atoms with E-state index in [0.717, 1.165) is 30.9 Å². The van der Waals surface area contributed by atoms with Gasteiger partial charge in [0.05, 0.1) is 6.61 Å². The highest BCUT2D eigenvalue weighted by Crippen LogP contribution is 2.12. The minimum atomic E-state index is -0.103. The van der Waals surface area contributed by atoms with Gasteiger partial charge in [0.1, 0.15) is 6.61 Å².